The SMILES string of the molecule is Cc1cc(Cl)cc(C(N)C2CCOC3(CCOC3)C2)c1. The summed E-state index contributed by atoms with van der Waals surface area (Å²) < 4.78 is 11.5. The van der Waals surface area contributed by atoms with Crippen molar-refractivity contribution in [3.05, 3.63) is 34.3 Å². The summed E-state index contributed by atoms with van der Waals surface area (Å²) in [5, 5.41) is 0.765. The highest BCUT2D eigenvalue weighted by molar-refractivity contribution is 6.30. The molecule has 1 aromatic rings. The number of aryl methyl sites for hydroxylation is 1. The molecule has 4 heteroatoms. The number of nitrogens with two attached hydrogens (primary N) is 1. The van der Waals surface area contributed by atoms with E-state index in [4.69, 9.17) is 26.8 Å². The highest BCUT2D eigenvalue weighted by atomic mass is 35.5. The minimum Gasteiger partial charge on any atom is -0.378 e. The minimum atomic E-state index is -0.0891. The van der Waals surface area contributed by atoms with Crippen LogP contribution in [0.1, 0.15) is 36.4 Å². The van der Waals surface area contributed by atoms with Crippen molar-refractivity contribution in [1.29, 1.82) is 0 Å². The Kier molecular flexibility index (Phi) is 4.04. The Morgan fingerprint density at radius 1 is 1.35 bits per heavy atom. The van der Waals surface area contributed by atoms with E-state index in [0.717, 1.165) is 48.6 Å². The van der Waals surface area contributed by atoms with Gasteiger partial charge in [-0.2, -0.15) is 0 Å². The summed E-state index contributed by atoms with van der Waals surface area (Å²) in [5.74, 6) is 0.434. The molecule has 2 fully saturated rings. The van der Waals surface area contributed by atoms with Gasteiger partial charge in [-0.1, -0.05) is 17.7 Å². The van der Waals surface area contributed by atoms with Gasteiger partial charge in [-0.3, -0.25) is 0 Å². The third-order valence-corrected chi connectivity index (χ3v) is 4.77. The van der Waals surface area contributed by atoms with Gasteiger partial charge in [0.15, 0.2) is 0 Å². The standard InChI is InChI=1S/C16H22ClNO2/c1-11-6-13(8-14(17)7-11)15(18)12-2-4-20-16(9-12)3-5-19-10-16/h6-8,12,15H,2-5,9-10,18H2,1H3. The Balaban J connectivity index is 1.77. The number of halogens is 1. The van der Waals surface area contributed by atoms with Crippen molar-refractivity contribution >= 4 is 11.6 Å². The lowest BCUT2D eigenvalue weighted by Crippen LogP contribution is -2.43. The number of hydrogen-bond donors (Lipinski definition) is 1. The Morgan fingerprint density at radius 2 is 2.20 bits per heavy atom. The largest absolute Gasteiger partial charge is 0.378 e. The van der Waals surface area contributed by atoms with Crippen molar-refractivity contribution in [1.82, 2.24) is 0 Å². The quantitative estimate of drug-likeness (QED) is 0.911. The van der Waals surface area contributed by atoms with E-state index >= 15 is 0 Å². The van der Waals surface area contributed by atoms with E-state index in [1.165, 1.54) is 0 Å². The average Bonchev–Trinajstić information content (AvgIpc) is 2.85. The monoisotopic (exact) mass is 295 g/mol. The highest BCUT2D eigenvalue weighted by Gasteiger charge is 2.42. The van der Waals surface area contributed by atoms with Crippen LogP contribution in [-0.2, 0) is 9.47 Å². The van der Waals surface area contributed by atoms with Crippen LogP contribution in [0.25, 0.3) is 0 Å². The van der Waals surface area contributed by atoms with Gasteiger partial charge in [0, 0.05) is 30.7 Å². The van der Waals surface area contributed by atoms with Gasteiger partial charge in [-0.25, -0.2) is 0 Å². The molecule has 3 unspecified atom stereocenters. The van der Waals surface area contributed by atoms with Crippen LogP contribution < -0.4 is 5.73 Å². The maximum absolute atomic E-state index is 6.50. The Labute approximate surface area is 125 Å². The molecular formula is C16H22ClNO2. The molecule has 0 amide bonds. The topological polar surface area (TPSA) is 44.5 Å². The van der Waals surface area contributed by atoms with E-state index in [9.17, 15) is 0 Å². The van der Waals surface area contributed by atoms with Crippen LogP contribution in [0, 0.1) is 12.8 Å². The van der Waals surface area contributed by atoms with Gasteiger partial charge in [0.2, 0.25) is 0 Å². The second-order valence-corrected chi connectivity index (χ2v) is 6.61. The van der Waals surface area contributed by atoms with Crippen molar-refractivity contribution in [2.75, 3.05) is 19.8 Å². The first-order valence-corrected chi connectivity index (χ1v) is 7.70. The van der Waals surface area contributed by atoms with E-state index in [-0.39, 0.29) is 11.6 Å². The molecule has 0 bridgehead atoms. The van der Waals surface area contributed by atoms with Gasteiger partial charge in [0.05, 0.1) is 12.2 Å². The summed E-state index contributed by atoms with van der Waals surface area (Å²) in [4.78, 5) is 0. The summed E-state index contributed by atoms with van der Waals surface area (Å²) in [6, 6.07) is 6.12. The molecule has 2 saturated heterocycles. The summed E-state index contributed by atoms with van der Waals surface area (Å²) in [7, 11) is 0. The van der Waals surface area contributed by atoms with Crippen LogP contribution in [0.3, 0.4) is 0 Å². The molecule has 3 atom stereocenters. The van der Waals surface area contributed by atoms with Gasteiger partial charge in [-0.05, 0) is 48.9 Å². The van der Waals surface area contributed by atoms with Gasteiger partial charge >= 0.3 is 0 Å². The van der Waals surface area contributed by atoms with E-state index in [2.05, 4.69) is 13.0 Å². The molecule has 20 heavy (non-hydrogen) atoms. The molecule has 0 radical (unpaired) electrons. The van der Waals surface area contributed by atoms with Crippen LogP contribution in [0.4, 0.5) is 0 Å². The first-order valence-electron chi connectivity index (χ1n) is 7.32. The lowest BCUT2D eigenvalue weighted by molar-refractivity contribution is -0.101. The lowest BCUT2D eigenvalue weighted by Gasteiger charge is -2.39. The molecule has 2 heterocycles. The number of ether oxygens (including phenoxy) is 2. The zero-order valence-electron chi connectivity index (χ0n) is 11.9. The zero-order valence-corrected chi connectivity index (χ0v) is 12.7. The molecule has 1 spiro atoms. The molecular weight excluding hydrogens is 274 g/mol. The van der Waals surface area contributed by atoms with E-state index in [0.29, 0.717) is 12.5 Å². The maximum Gasteiger partial charge on any atom is 0.0940 e. The third-order valence-electron chi connectivity index (χ3n) is 4.56. The van der Waals surface area contributed by atoms with Crippen LogP contribution in [-0.4, -0.2) is 25.4 Å². The predicted molar refractivity (Wildman–Crippen MR) is 80.0 cm³/mol. The van der Waals surface area contributed by atoms with Crippen molar-refractivity contribution in [2.45, 2.75) is 37.8 Å². The lowest BCUT2D eigenvalue weighted by atomic mass is 9.79. The molecule has 3 rings (SSSR count). The van der Waals surface area contributed by atoms with E-state index in [1.807, 2.05) is 12.1 Å². The molecule has 0 aliphatic carbocycles. The second-order valence-electron chi connectivity index (χ2n) is 6.17. The number of hydrogen-bond acceptors (Lipinski definition) is 3. The van der Waals surface area contributed by atoms with Gasteiger partial charge < -0.3 is 15.2 Å². The van der Waals surface area contributed by atoms with E-state index < -0.39 is 0 Å². The fraction of sp³-hybridized carbons (Fsp3) is 0.625. The summed E-state index contributed by atoms with van der Waals surface area (Å²) in [6.07, 6.45) is 2.99. The molecule has 0 aromatic heterocycles. The molecule has 2 aliphatic heterocycles. The third kappa shape index (κ3) is 2.86. The number of rotatable bonds is 2. The van der Waals surface area contributed by atoms with Gasteiger partial charge in [-0.15, -0.1) is 0 Å². The van der Waals surface area contributed by atoms with Crippen LogP contribution in [0.2, 0.25) is 5.02 Å². The first kappa shape index (κ1) is 14.3. The zero-order chi connectivity index (χ0) is 14.2. The molecule has 0 saturated carbocycles. The predicted octanol–water partition coefficient (Wildman–Crippen LogP) is 3.23. The second kappa shape index (κ2) is 5.64. The van der Waals surface area contributed by atoms with Crippen LogP contribution in [0.15, 0.2) is 18.2 Å². The average molecular weight is 296 g/mol. The van der Waals surface area contributed by atoms with Gasteiger partial charge in [0.25, 0.3) is 0 Å². The van der Waals surface area contributed by atoms with E-state index in [1.54, 1.807) is 0 Å². The Bertz CT molecular complexity index is 465. The molecule has 110 valence electrons. The van der Waals surface area contributed by atoms with Crippen molar-refractivity contribution < 1.29 is 9.47 Å². The molecule has 2 aliphatic rings. The van der Waals surface area contributed by atoms with Crippen molar-refractivity contribution in [2.24, 2.45) is 11.7 Å². The Morgan fingerprint density at radius 3 is 2.90 bits per heavy atom. The highest BCUT2D eigenvalue weighted by Crippen LogP contribution is 2.40. The van der Waals surface area contributed by atoms with Crippen molar-refractivity contribution in [3.8, 4) is 0 Å². The van der Waals surface area contributed by atoms with Crippen molar-refractivity contribution in [3.63, 3.8) is 0 Å². The first-order chi connectivity index (χ1) is 9.58. The fourth-order valence-electron chi connectivity index (χ4n) is 3.46. The van der Waals surface area contributed by atoms with Crippen LogP contribution >= 0.6 is 11.6 Å². The smallest absolute Gasteiger partial charge is 0.0940 e. The molecule has 1 aromatic carbocycles. The van der Waals surface area contributed by atoms with Gasteiger partial charge in [0.1, 0.15) is 0 Å². The number of benzene rings is 1. The molecule has 2 N–H and O–H groups in total. The summed E-state index contributed by atoms with van der Waals surface area (Å²) in [5.41, 5.74) is 8.71. The molecule has 3 nitrogen and oxygen atoms in total. The van der Waals surface area contributed by atoms with Crippen LogP contribution in [0.5, 0.6) is 0 Å². The fourth-order valence-corrected chi connectivity index (χ4v) is 3.76. The Hall–Kier alpha value is -0.610. The minimum absolute atomic E-state index is 0.0220. The summed E-state index contributed by atoms with van der Waals surface area (Å²) in [6.45, 7) is 4.35. The summed E-state index contributed by atoms with van der Waals surface area (Å²) >= 11 is 6.15. The normalized spacial score (nSPS) is 31.6. The maximum atomic E-state index is 6.50.